The summed E-state index contributed by atoms with van der Waals surface area (Å²) in [6.45, 7) is 3.78. The van der Waals surface area contributed by atoms with Crippen molar-refractivity contribution in [3.05, 3.63) is 41.8 Å². The minimum atomic E-state index is -0.503. The van der Waals surface area contributed by atoms with Crippen LogP contribution in [0.15, 0.2) is 36.7 Å². The quantitative estimate of drug-likeness (QED) is 0.748. The zero-order valence-electron chi connectivity index (χ0n) is 12.4. The lowest BCUT2D eigenvalue weighted by molar-refractivity contribution is 0.129. The largest absolute Gasteiger partial charge is 0.391 e. The maximum Gasteiger partial charge on any atom is 0.165 e. The summed E-state index contributed by atoms with van der Waals surface area (Å²) in [5.41, 5.74) is 2.09. The minimum Gasteiger partial charge on any atom is -0.391 e. The van der Waals surface area contributed by atoms with E-state index in [-0.39, 0.29) is 6.04 Å². The molecule has 1 aromatic carbocycles. The monoisotopic (exact) mass is 316 g/mol. The Kier molecular flexibility index (Phi) is 4.09. The molecule has 0 unspecified atom stereocenters. The van der Waals surface area contributed by atoms with Crippen molar-refractivity contribution >= 4 is 22.8 Å². The van der Waals surface area contributed by atoms with Gasteiger partial charge in [0.1, 0.15) is 5.52 Å². The molecular formula is C16H17ClN4O. The van der Waals surface area contributed by atoms with Crippen LogP contribution in [0.2, 0.25) is 5.15 Å². The van der Waals surface area contributed by atoms with Crippen LogP contribution < -0.4 is 0 Å². The standard InChI is InChI=1S/C16H17ClN4O/c1-3-12(10(2)22)21-9-18-13-14(17)19-15(20-16(13)21)11-7-5-4-6-8-11/h4-10,12,22H,3H2,1-2H3/t10-,12+/m1/s1. The van der Waals surface area contributed by atoms with Crippen molar-refractivity contribution in [3.63, 3.8) is 0 Å². The molecule has 3 aromatic rings. The fourth-order valence-corrected chi connectivity index (χ4v) is 2.82. The van der Waals surface area contributed by atoms with E-state index in [1.165, 1.54) is 0 Å². The van der Waals surface area contributed by atoms with Gasteiger partial charge in [0, 0.05) is 5.56 Å². The molecule has 0 amide bonds. The molecule has 0 saturated heterocycles. The van der Waals surface area contributed by atoms with Gasteiger partial charge in [-0.05, 0) is 13.3 Å². The fourth-order valence-electron chi connectivity index (χ4n) is 2.61. The molecule has 5 nitrogen and oxygen atoms in total. The molecule has 6 heteroatoms. The Morgan fingerprint density at radius 2 is 1.95 bits per heavy atom. The first-order chi connectivity index (χ1) is 10.6. The third-order valence-corrected chi connectivity index (χ3v) is 4.01. The van der Waals surface area contributed by atoms with E-state index < -0.39 is 6.10 Å². The van der Waals surface area contributed by atoms with E-state index in [4.69, 9.17) is 11.6 Å². The van der Waals surface area contributed by atoms with Crippen LogP contribution in [-0.2, 0) is 0 Å². The van der Waals surface area contributed by atoms with Crippen molar-refractivity contribution in [3.8, 4) is 11.4 Å². The van der Waals surface area contributed by atoms with Crippen LogP contribution in [0.4, 0.5) is 0 Å². The van der Waals surface area contributed by atoms with Crippen LogP contribution >= 0.6 is 11.6 Å². The SMILES string of the molecule is CC[C@@H]([C@@H](C)O)n1cnc2c(Cl)nc(-c3ccccc3)nc21. The summed E-state index contributed by atoms with van der Waals surface area (Å²) in [6, 6.07) is 9.57. The number of imidazole rings is 1. The Hall–Kier alpha value is -1.98. The minimum absolute atomic E-state index is 0.0976. The number of aromatic nitrogens is 4. The predicted molar refractivity (Wildman–Crippen MR) is 86.8 cm³/mol. The number of fused-ring (bicyclic) bond motifs is 1. The van der Waals surface area contributed by atoms with Gasteiger partial charge in [-0.15, -0.1) is 0 Å². The summed E-state index contributed by atoms with van der Waals surface area (Å²) >= 11 is 6.26. The zero-order chi connectivity index (χ0) is 15.7. The molecule has 0 spiro atoms. The summed E-state index contributed by atoms with van der Waals surface area (Å²) in [5.74, 6) is 0.556. The lowest BCUT2D eigenvalue weighted by Gasteiger charge is -2.20. The number of hydrogen-bond acceptors (Lipinski definition) is 4. The van der Waals surface area contributed by atoms with Gasteiger partial charge in [-0.3, -0.25) is 0 Å². The summed E-state index contributed by atoms with van der Waals surface area (Å²) in [5, 5.41) is 10.3. The third-order valence-electron chi connectivity index (χ3n) is 3.74. The number of halogens is 1. The van der Waals surface area contributed by atoms with Crippen LogP contribution in [0.3, 0.4) is 0 Å². The van der Waals surface area contributed by atoms with Gasteiger partial charge < -0.3 is 9.67 Å². The summed E-state index contributed by atoms with van der Waals surface area (Å²) in [4.78, 5) is 13.2. The number of aliphatic hydroxyl groups excluding tert-OH is 1. The molecule has 2 aromatic heterocycles. The van der Waals surface area contributed by atoms with Gasteiger partial charge in [-0.25, -0.2) is 15.0 Å². The summed E-state index contributed by atoms with van der Waals surface area (Å²) in [7, 11) is 0. The average Bonchev–Trinajstić information content (AvgIpc) is 2.93. The van der Waals surface area contributed by atoms with Crippen molar-refractivity contribution in [2.24, 2.45) is 0 Å². The highest BCUT2D eigenvalue weighted by Crippen LogP contribution is 2.27. The Morgan fingerprint density at radius 1 is 1.23 bits per heavy atom. The first-order valence-corrected chi connectivity index (χ1v) is 7.63. The molecule has 22 heavy (non-hydrogen) atoms. The molecule has 1 N–H and O–H groups in total. The fraction of sp³-hybridized carbons (Fsp3) is 0.312. The lowest BCUT2D eigenvalue weighted by Crippen LogP contribution is -2.20. The van der Waals surface area contributed by atoms with E-state index in [1.807, 2.05) is 41.8 Å². The Labute approximate surface area is 133 Å². The topological polar surface area (TPSA) is 63.8 Å². The molecule has 114 valence electrons. The first kappa shape index (κ1) is 14.9. The zero-order valence-corrected chi connectivity index (χ0v) is 13.2. The number of nitrogens with zero attached hydrogens (tertiary/aromatic N) is 4. The van der Waals surface area contributed by atoms with E-state index in [1.54, 1.807) is 13.3 Å². The molecule has 2 atom stereocenters. The predicted octanol–water partition coefficient (Wildman–Crippen LogP) is 3.48. The molecule has 0 saturated carbocycles. The lowest BCUT2D eigenvalue weighted by atomic mass is 10.1. The highest BCUT2D eigenvalue weighted by molar-refractivity contribution is 6.33. The first-order valence-electron chi connectivity index (χ1n) is 7.25. The van der Waals surface area contributed by atoms with Crippen LogP contribution in [0.1, 0.15) is 26.3 Å². The molecule has 3 rings (SSSR count). The number of benzene rings is 1. The van der Waals surface area contributed by atoms with Crippen molar-refractivity contribution in [2.75, 3.05) is 0 Å². The maximum atomic E-state index is 9.97. The van der Waals surface area contributed by atoms with Crippen molar-refractivity contribution in [1.29, 1.82) is 0 Å². The highest BCUT2D eigenvalue weighted by atomic mass is 35.5. The highest BCUT2D eigenvalue weighted by Gasteiger charge is 2.20. The van der Waals surface area contributed by atoms with E-state index in [9.17, 15) is 5.11 Å². The van der Waals surface area contributed by atoms with Gasteiger partial charge in [-0.2, -0.15) is 0 Å². The van der Waals surface area contributed by atoms with Crippen molar-refractivity contribution in [2.45, 2.75) is 32.4 Å². The Morgan fingerprint density at radius 3 is 2.59 bits per heavy atom. The van der Waals surface area contributed by atoms with E-state index in [0.717, 1.165) is 12.0 Å². The van der Waals surface area contributed by atoms with Crippen LogP contribution in [0.5, 0.6) is 0 Å². The van der Waals surface area contributed by atoms with Crippen molar-refractivity contribution in [1.82, 2.24) is 19.5 Å². The van der Waals surface area contributed by atoms with E-state index in [0.29, 0.717) is 22.1 Å². The number of hydrogen-bond donors (Lipinski definition) is 1. The van der Waals surface area contributed by atoms with Gasteiger partial charge in [0.05, 0.1) is 18.5 Å². The second-order valence-corrected chi connectivity index (χ2v) is 5.60. The second-order valence-electron chi connectivity index (χ2n) is 5.24. The van der Waals surface area contributed by atoms with Crippen LogP contribution in [0.25, 0.3) is 22.6 Å². The molecule has 0 bridgehead atoms. The maximum absolute atomic E-state index is 9.97. The van der Waals surface area contributed by atoms with Gasteiger partial charge in [0.2, 0.25) is 0 Å². The normalized spacial score (nSPS) is 14.2. The van der Waals surface area contributed by atoms with E-state index >= 15 is 0 Å². The average molecular weight is 317 g/mol. The molecule has 0 aliphatic carbocycles. The van der Waals surface area contributed by atoms with Crippen LogP contribution in [-0.4, -0.2) is 30.7 Å². The van der Waals surface area contributed by atoms with Gasteiger partial charge in [0.15, 0.2) is 16.6 Å². The van der Waals surface area contributed by atoms with Crippen molar-refractivity contribution < 1.29 is 5.11 Å². The molecule has 0 radical (unpaired) electrons. The van der Waals surface area contributed by atoms with Crippen LogP contribution in [0, 0.1) is 0 Å². The Balaban J connectivity index is 2.19. The molecule has 0 fully saturated rings. The van der Waals surface area contributed by atoms with Gasteiger partial charge >= 0.3 is 0 Å². The Bertz CT molecular complexity index is 785. The van der Waals surface area contributed by atoms with E-state index in [2.05, 4.69) is 15.0 Å². The number of aliphatic hydroxyl groups is 1. The van der Waals surface area contributed by atoms with Gasteiger partial charge in [-0.1, -0.05) is 48.9 Å². The summed E-state index contributed by atoms with van der Waals surface area (Å²) in [6.07, 6.45) is 1.93. The number of rotatable bonds is 4. The summed E-state index contributed by atoms with van der Waals surface area (Å²) < 4.78 is 1.88. The molecular weight excluding hydrogens is 300 g/mol. The molecule has 0 aliphatic rings. The molecule has 0 aliphatic heterocycles. The third kappa shape index (κ3) is 2.58. The molecule has 2 heterocycles. The van der Waals surface area contributed by atoms with Gasteiger partial charge in [0.25, 0.3) is 0 Å². The second kappa shape index (κ2) is 6.02. The smallest absolute Gasteiger partial charge is 0.165 e.